The fourth-order valence-corrected chi connectivity index (χ4v) is 1.90. The van der Waals surface area contributed by atoms with Crippen molar-refractivity contribution in [2.75, 3.05) is 26.0 Å². The summed E-state index contributed by atoms with van der Waals surface area (Å²) < 4.78 is 9.85. The van der Waals surface area contributed by atoms with Crippen LogP contribution in [0.25, 0.3) is 0 Å². The standard InChI is InChI=1S/C11H15NO5S/c1-16-5-4-12-10(13)7-18-6-8-2-3-9(17-8)11(14)15/h2-3H,4-7H2,1H3,(H,12,13)(H,14,15). The third kappa shape index (κ3) is 5.24. The zero-order valence-corrected chi connectivity index (χ0v) is 10.8. The van der Waals surface area contributed by atoms with E-state index in [4.69, 9.17) is 14.3 Å². The van der Waals surface area contributed by atoms with Crippen molar-refractivity contribution in [3.8, 4) is 0 Å². The number of methoxy groups -OCH3 is 1. The first-order valence-electron chi connectivity index (χ1n) is 5.29. The molecule has 1 heterocycles. The van der Waals surface area contributed by atoms with E-state index in [2.05, 4.69) is 5.32 Å². The summed E-state index contributed by atoms with van der Waals surface area (Å²) in [5.74, 6) is 0.0421. The van der Waals surface area contributed by atoms with Gasteiger partial charge in [0.25, 0.3) is 0 Å². The van der Waals surface area contributed by atoms with E-state index in [0.29, 0.717) is 30.4 Å². The zero-order valence-electron chi connectivity index (χ0n) is 9.97. The van der Waals surface area contributed by atoms with Gasteiger partial charge in [0.05, 0.1) is 18.1 Å². The summed E-state index contributed by atoms with van der Waals surface area (Å²) in [6.45, 7) is 0.969. The van der Waals surface area contributed by atoms with Crippen molar-refractivity contribution in [1.29, 1.82) is 0 Å². The van der Waals surface area contributed by atoms with Crippen LogP contribution in [0.3, 0.4) is 0 Å². The lowest BCUT2D eigenvalue weighted by molar-refractivity contribution is -0.118. The molecule has 1 rings (SSSR count). The van der Waals surface area contributed by atoms with Crippen LogP contribution in [0.4, 0.5) is 0 Å². The van der Waals surface area contributed by atoms with Crippen molar-refractivity contribution in [1.82, 2.24) is 5.32 Å². The molecule has 2 N–H and O–H groups in total. The Bertz CT molecular complexity index is 404. The van der Waals surface area contributed by atoms with Crippen LogP contribution in [-0.4, -0.2) is 43.0 Å². The second-order valence-electron chi connectivity index (χ2n) is 3.41. The lowest BCUT2D eigenvalue weighted by Crippen LogP contribution is -2.28. The molecule has 0 aromatic carbocycles. The van der Waals surface area contributed by atoms with Gasteiger partial charge in [-0.1, -0.05) is 0 Å². The van der Waals surface area contributed by atoms with Crippen LogP contribution in [0.5, 0.6) is 0 Å². The Morgan fingerprint density at radius 2 is 2.28 bits per heavy atom. The molecule has 18 heavy (non-hydrogen) atoms. The van der Waals surface area contributed by atoms with E-state index >= 15 is 0 Å². The Kier molecular flexibility index (Phi) is 6.31. The first kappa shape index (κ1) is 14.6. The molecule has 0 aliphatic carbocycles. The normalized spacial score (nSPS) is 10.3. The van der Waals surface area contributed by atoms with Gasteiger partial charge in [-0.3, -0.25) is 4.79 Å². The molecule has 0 saturated carbocycles. The number of carbonyl (C=O) groups excluding carboxylic acids is 1. The molecule has 6 nitrogen and oxygen atoms in total. The predicted octanol–water partition coefficient (Wildman–Crippen LogP) is 0.974. The Balaban J connectivity index is 2.20. The number of thioether (sulfide) groups is 1. The molecule has 1 aromatic rings. The summed E-state index contributed by atoms with van der Waals surface area (Å²) in [6.07, 6.45) is 0. The molecule has 0 fully saturated rings. The minimum Gasteiger partial charge on any atom is -0.475 e. The Labute approximate surface area is 109 Å². The highest BCUT2D eigenvalue weighted by Crippen LogP contribution is 2.15. The number of carboxylic acid groups (broad SMARTS) is 1. The topological polar surface area (TPSA) is 88.8 Å². The second-order valence-corrected chi connectivity index (χ2v) is 4.39. The number of carbonyl (C=O) groups is 2. The van der Waals surface area contributed by atoms with Crippen LogP contribution in [0.1, 0.15) is 16.3 Å². The van der Waals surface area contributed by atoms with E-state index in [1.165, 1.54) is 17.8 Å². The van der Waals surface area contributed by atoms with Gasteiger partial charge in [-0.05, 0) is 12.1 Å². The van der Waals surface area contributed by atoms with Crippen molar-refractivity contribution >= 4 is 23.6 Å². The van der Waals surface area contributed by atoms with Crippen LogP contribution in [0.2, 0.25) is 0 Å². The molecule has 0 bridgehead atoms. The summed E-state index contributed by atoms with van der Waals surface area (Å²) >= 11 is 1.36. The lowest BCUT2D eigenvalue weighted by Gasteiger charge is -2.03. The van der Waals surface area contributed by atoms with Crippen molar-refractivity contribution in [3.05, 3.63) is 23.7 Å². The molecule has 100 valence electrons. The van der Waals surface area contributed by atoms with Crippen LogP contribution >= 0.6 is 11.8 Å². The molecule has 0 unspecified atom stereocenters. The molecule has 1 amide bonds. The lowest BCUT2D eigenvalue weighted by atomic mass is 10.4. The number of hydrogen-bond donors (Lipinski definition) is 2. The number of nitrogens with one attached hydrogen (secondary N) is 1. The van der Waals surface area contributed by atoms with Gasteiger partial charge in [-0.25, -0.2) is 4.79 Å². The third-order valence-corrected chi connectivity index (χ3v) is 2.93. The second kappa shape index (κ2) is 7.78. The molecule has 0 spiro atoms. The number of aromatic carboxylic acids is 1. The van der Waals surface area contributed by atoms with E-state index in [1.807, 2.05) is 0 Å². The number of ether oxygens (including phenoxy) is 1. The van der Waals surface area contributed by atoms with E-state index in [9.17, 15) is 9.59 Å². The van der Waals surface area contributed by atoms with Crippen molar-refractivity contribution in [2.45, 2.75) is 5.75 Å². The van der Waals surface area contributed by atoms with Gasteiger partial charge >= 0.3 is 5.97 Å². The summed E-state index contributed by atoms with van der Waals surface area (Å²) in [6, 6.07) is 3.00. The fourth-order valence-electron chi connectivity index (χ4n) is 1.16. The summed E-state index contributed by atoms with van der Waals surface area (Å²) in [7, 11) is 1.57. The van der Waals surface area contributed by atoms with Crippen molar-refractivity contribution in [2.24, 2.45) is 0 Å². The van der Waals surface area contributed by atoms with Gasteiger partial charge in [0.15, 0.2) is 0 Å². The highest BCUT2D eigenvalue weighted by Gasteiger charge is 2.09. The smallest absolute Gasteiger partial charge is 0.371 e. The number of hydrogen-bond acceptors (Lipinski definition) is 5. The van der Waals surface area contributed by atoms with E-state index in [0.717, 1.165) is 0 Å². The zero-order chi connectivity index (χ0) is 13.4. The first-order chi connectivity index (χ1) is 8.63. The summed E-state index contributed by atoms with van der Waals surface area (Å²) in [4.78, 5) is 21.9. The van der Waals surface area contributed by atoms with E-state index < -0.39 is 5.97 Å². The minimum absolute atomic E-state index is 0.0814. The SMILES string of the molecule is COCCNC(=O)CSCc1ccc(C(=O)O)o1. The van der Waals surface area contributed by atoms with Crippen LogP contribution in [0.15, 0.2) is 16.5 Å². The van der Waals surface area contributed by atoms with Gasteiger partial charge in [-0.2, -0.15) is 0 Å². The number of amides is 1. The molecule has 0 aliphatic rings. The first-order valence-corrected chi connectivity index (χ1v) is 6.44. The number of rotatable bonds is 8. The molecule has 7 heteroatoms. The van der Waals surface area contributed by atoms with Crippen molar-refractivity contribution in [3.63, 3.8) is 0 Å². The highest BCUT2D eigenvalue weighted by atomic mass is 32.2. The monoisotopic (exact) mass is 273 g/mol. The maximum Gasteiger partial charge on any atom is 0.371 e. The molecular formula is C11H15NO5S. The molecule has 1 aromatic heterocycles. The van der Waals surface area contributed by atoms with Gasteiger partial charge in [-0.15, -0.1) is 11.8 Å². The van der Waals surface area contributed by atoms with Gasteiger partial charge in [0.1, 0.15) is 5.76 Å². The quantitative estimate of drug-likeness (QED) is 0.686. The average molecular weight is 273 g/mol. The van der Waals surface area contributed by atoms with Gasteiger partial charge in [0.2, 0.25) is 11.7 Å². The molecule has 0 saturated heterocycles. The summed E-state index contributed by atoms with van der Waals surface area (Å²) in [5.41, 5.74) is 0. The molecular weight excluding hydrogens is 258 g/mol. The van der Waals surface area contributed by atoms with Crippen LogP contribution < -0.4 is 5.32 Å². The molecule has 0 aliphatic heterocycles. The third-order valence-electron chi connectivity index (χ3n) is 1.98. The Morgan fingerprint density at radius 3 is 2.89 bits per heavy atom. The Morgan fingerprint density at radius 1 is 1.50 bits per heavy atom. The van der Waals surface area contributed by atoms with Crippen LogP contribution in [0, 0.1) is 0 Å². The van der Waals surface area contributed by atoms with Gasteiger partial charge < -0.3 is 19.6 Å². The fraction of sp³-hybridized carbons (Fsp3) is 0.455. The molecule has 0 atom stereocenters. The number of carboxylic acids is 1. The average Bonchev–Trinajstić information content (AvgIpc) is 2.78. The van der Waals surface area contributed by atoms with Crippen LogP contribution in [-0.2, 0) is 15.3 Å². The molecule has 0 radical (unpaired) electrons. The number of furan rings is 1. The highest BCUT2D eigenvalue weighted by molar-refractivity contribution is 7.99. The maximum absolute atomic E-state index is 11.3. The largest absolute Gasteiger partial charge is 0.475 e. The van der Waals surface area contributed by atoms with Gasteiger partial charge in [0, 0.05) is 13.7 Å². The predicted molar refractivity (Wildman–Crippen MR) is 66.7 cm³/mol. The van der Waals surface area contributed by atoms with E-state index in [-0.39, 0.29) is 11.7 Å². The Hall–Kier alpha value is -1.47. The van der Waals surface area contributed by atoms with E-state index in [1.54, 1.807) is 13.2 Å². The summed E-state index contributed by atoms with van der Waals surface area (Å²) in [5, 5.41) is 11.3. The minimum atomic E-state index is -1.09. The van der Waals surface area contributed by atoms with Crippen molar-refractivity contribution < 1.29 is 23.8 Å². The maximum atomic E-state index is 11.3.